The van der Waals surface area contributed by atoms with E-state index in [0.717, 1.165) is 18.4 Å². The minimum absolute atomic E-state index is 0.0185. The number of methoxy groups -OCH3 is 1. The lowest BCUT2D eigenvalue weighted by Crippen LogP contribution is -2.09. The highest BCUT2D eigenvalue weighted by atomic mass is 32.2. The number of ether oxygens (including phenoxy) is 1. The molecule has 0 fully saturated rings. The molecule has 4 aromatic rings. The lowest BCUT2D eigenvalue weighted by atomic mass is 10.0. The Labute approximate surface area is 197 Å². The molecule has 0 amide bonds. The van der Waals surface area contributed by atoms with Gasteiger partial charge in [-0.3, -0.25) is 4.79 Å². The van der Waals surface area contributed by atoms with Crippen LogP contribution >= 0.6 is 0 Å². The summed E-state index contributed by atoms with van der Waals surface area (Å²) in [6, 6.07) is 7.57. The zero-order chi connectivity index (χ0) is 25.3. The lowest BCUT2D eigenvalue weighted by molar-refractivity contribution is 0.394. The molecule has 0 radical (unpaired) electrons. The van der Waals surface area contributed by atoms with E-state index in [4.69, 9.17) is 4.74 Å². The number of H-pyrrole nitrogens is 1. The first-order valence-electron chi connectivity index (χ1n) is 9.80. The molecule has 2 heterocycles. The molecule has 0 unspecified atom stereocenters. The van der Waals surface area contributed by atoms with Gasteiger partial charge in [-0.05, 0) is 30.2 Å². The van der Waals surface area contributed by atoms with Crippen LogP contribution in [0.4, 0.5) is 8.78 Å². The van der Waals surface area contributed by atoms with Crippen molar-refractivity contribution in [3.8, 4) is 35.0 Å². The quantitative estimate of drug-likeness (QED) is 0.436. The normalized spacial score (nSPS) is 10.9. The van der Waals surface area contributed by atoms with Crippen LogP contribution in [-0.4, -0.2) is 36.7 Å². The smallest absolute Gasteiger partial charge is 0.248 e. The van der Waals surface area contributed by atoms with Gasteiger partial charge in [0.1, 0.15) is 5.82 Å². The third kappa shape index (κ3) is 4.45. The zero-order valence-corrected chi connectivity index (χ0v) is 19.0. The number of pyridine rings is 1. The number of aromatic amines is 1. The first-order chi connectivity index (χ1) is 16.6. The van der Waals surface area contributed by atoms with E-state index in [0.29, 0.717) is 0 Å². The van der Waals surface area contributed by atoms with Crippen LogP contribution in [0.25, 0.3) is 22.2 Å². The highest BCUT2D eigenvalue weighted by Crippen LogP contribution is 2.29. The fourth-order valence-corrected chi connectivity index (χ4v) is 4.30. The average Bonchev–Trinajstić information content (AvgIpc) is 2.82. The third-order valence-corrected chi connectivity index (χ3v) is 6.13. The molecular formula is C24H14F2N4O4S. The molecule has 0 bridgehead atoms. The monoisotopic (exact) mass is 492 g/mol. The molecule has 4 rings (SSSR count). The minimum atomic E-state index is -3.75. The molecule has 174 valence electrons. The number of aromatic nitrogens is 3. The van der Waals surface area contributed by atoms with Gasteiger partial charge in [-0.2, -0.15) is 5.26 Å². The van der Waals surface area contributed by atoms with Gasteiger partial charge >= 0.3 is 0 Å². The van der Waals surface area contributed by atoms with E-state index in [1.165, 1.54) is 37.7 Å². The van der Waals surface area contributed by atoms with E-state index < -0.39 is 37.9 Å². The number of sulfone groups is 1. The van der Waals surface area contributed by atoms with Crippen molar-refractivity contribution < 1.29 is 21.9 Å². The van der Waals surface area contributed by atoms with Gasteiger partial charge < -0.3 is 9.72 Å². The molecule has 0 saturated carbocycles. The van der Waals surface area contributed by atoms with Crippen molar-refractivity contribution in [2.45, 2.75) is 4.90 Å². The van der Waals surface area contributed by atoms with E-state index in [1.54, 1.807) is 0 Å². The van der Waals surface area contributed by atoms with Gasteiger partial charge in [0, 0.05) is 30.3 Å². The number of benzene rings is 2. The summed E-state index contributed by atoms with van der Waals surface area (Å²) < 4.78 is 59.6. The summed E-state index contributed by atoms with van der Waals surface area (Å²) in [5.41, 5.74) is -1.54. The fraction of sp³-hybridized carbons (Fsp3) is 0.0833. The predicted molar refractivity (Wildman–Crippen MR) is 122 cm³/mol. The van der Waals surface area contributed by atoms with Crippen LogP contribution in [0.2, 0.25) is 0 Å². The van der Waals surface area contributed by atoms with Gasteiger partial charge in [0.05, 0.1) is 45.8 Å². The minimum Gasteiger partial charge on any atom is -0.479 e. The molecule has 0 spiro atoms. The molecular weight excluding hydrogens is 478 g/mol. The summed E-state index contributed by atoms with van der Waals surface area (Å²) in [4.78, 5) is 23.3. The summed E-state index contributed by atoms with van der Waals surface area (Å²) in [6.45, 7) is 0. The number of halogens is 2. The molecule has 35 heavy (non-hydrogen) atoms. The van der Waals surface area contributed by atoms with Crippen LogP contribution in [0.5, 0.6) is 5.88 Å². The molecule has 0 aliphatic rings. The number of nitriles is 1. The second-order valence-corrected chi connectivity index (χ2v) is 9.26. The van der Waals surface area contributed by atoms with Crippen LogP contribution in [0.3, 0.4) is 0 Å². The molecule has 0 aliphatic carbocycles. The van der Waals surface area contributed by atoms with Crippen molar-refractivity contribution in [1.29, 1.82) is 5.26 Å². The number of hydrogen-bond acceptors (Lipinski definition) is 7. The van der Waals surface area contributed by atoms with E-state index >= 15 is 4.39 Å². The van der Waals surface area contributed by atoms with E-state index in [-0.39, 0.29) is 38.8 Å². The van der Waals surface area contributed by atoms with Crippen LogP contribution in [-0.2, 0) is 9.84 Å². The summed E-state index contributed by atoms with van der Waals surface area (Å²) in [7, 11) is -2.42. The number of hydrogen-bond donors (Lipinski definition) is 1. The average molecular weight is 492 g/mol. The van der Waals surface area contributed by atoms with Crippen molar-refractivity contribution in [3.63, 3.8) is 0 Å². The molecule has 0 saturated heterocycles. The molecule has 8 nitrogen and oxygen atoms in total. The van der Waals surface area contributed by atoms with Crippen molar-refractivity contribution in [2.24, 2.45) is 0 Å². The SMILES string of the molecule is COc1nccnc1C#Cc1c(F)cc2[nH]c(-c3cc(C#N)ccc3S(C)(=O)=O)cc(=O)c2c1F. The fourth-order valence-electron chi connectivity index (χ4n) is 3.42. The maximum atomic E-state index is 15.2. The van der Waals surface area contributed by atoms with Gasteiger partial charge in [-0.15, -0.1) is 0 Å². The Morgan fingerprint density at radius 2 is 1.83 bits per heavy atom. The van der Waals surface area contributed by atoms with Crippen molar-refractivity contribution in [2.75, 3.05) is 13.4 Å². The molecule has 2 aromatic heterocycles. The lowest BCUT2D eigenvalue weighted by Gasteiger charge is -2.11. The molecule has 1 N–H and O–H groups in total. The summed E-state index contributed by atoms with van der Waals surface area (Å²) in [6.07, 6.45) is 3.66. The Hall–Kier alpha value is -4.61. The Morgan fingerprint density at radius 3 is 2.51 bits per heavy atom. The van der Waals surface area contributed by atoms with Crippen LogP contribution in [0, 0.1) is 34.8 Å². The van der Waals surface area contributed by atoms with E-state index in [2.05, 4.69) is 26.8 Å². The number of nitrogens with one attached hydrogen (secondary N) is 1. The van der Waals surface area contributed by atoms with Gasteiger partial charge in [-0.1, -0.05) is 5.92 Å². The molecule has 0 atom stereocenters. The Kier molecular flexibility index (Phi) is 6.03. The third-order valence-electron chi connectivity index (χ3n) is 4.97. The number of nitrogens with zero attached hydrogens (tertiary/aromatic N) is 3. The Morgan fingerprint density at radius 1 is 1.09 bits per heavy atom. The van der Waals surface area contributed by atoms with Crippen LogP contribution in [0.15, 0.2) is 52.4 Å². The maximum Gasteiger partial charge on any atom is 0.248 e. The van der Waals surface area contributed by atoms with Gasteiger partial charge in [0.15, 0.2) is 26.8 Å². The van der Waals surface area contributed by atoms with Gasteiger partial charge in [0.25, 0.3) is 0 Å². The highest BCUT2D eigenvalue weighted by molar-refractivity contribution is 7.90. The second kappa shape index (κ2) is 8.97. The van der Waals surface area contributed by atoms with Crippen molar-refractivity contribution >= 4 is 20.7 Å². The number of fused-ring (bicyclic) bond motifs is 1. The molecule has 11 heteroatoms. The Balaban J connectivity index is 1.93. The summed E-state index contributed by atoms with van der Waals surface area (Å²) >= 11 is 0. The van der Waals surface area contributed by atoms with Crippen molar-refractivity contribution in [3.05, 3.63) is 81.4 Å². The van der Waals surface area contributed by atoms with Crippen molar-refractivity contribution in [1.82, 2.24) is 15.0 Å². The molecule has 0 aliphatic heterocycles. The standard InChI is InChI=1S/C24H14F2N4O4S/c1-34-24-17(28-7-8-29-24)5-4-14-16(25)10-19-22(23(14)26)20(31)11-18(30-19)15-9-13(12-27)3-6-21(15)35(2,32)33/h3,6-11H,1-2H3,(H,30,31). The maximum absolute atomic E-state index is 15.2. The van der Waals surface area contributed by atoms with Crippen LogP contribution in [0.1, 0.15) is 16.8 Å². The van der Waals surface area contributed by atoms with Gasteiger partial charge in [0.2, 0.25) is 5.88 Å². The predicted octanol–water partition coefficient (Wildman–Crippen LogP) is 2.95. The zero-order valence-electron chi connectivity index (χ0n) is 18.2. The van der Waals surface area contributed by atoms with Gasteiger partial charge in [-0.25, -0.2) is 27.2 Å². The summed E-state index contributed by atoms with van der Waals surface area (Å²) in [5, 5.41) is 8.73. The largest absolute Gasteiger partial charge is 0.479 e. The highest BCUT2D eigenvalue weighted by Gasteiger charge is 2.20. The summed E-state index contributed by atoms with van der Waals surface area (Å²) in [5.74, 6) is 2.61. The van der Waals surface area contributed by atoms with E-state index in [9.17, 15) is 22.9 Å². The first-order valence-corrected chi connectivity index (χ1v) is 11.7. The first kappa shape index (κ1) is 23.5. The topological polar surface area (TPSA) is 126 Å². The Bertz CT molecular complexity index is 1780. The second-order valence-electron chi connectivity index (χ2n) is 7.28. The number of rotatable bonds is 3. The van der Waals surface area contributed by atoms with E-state index in [1.807, 2.05) is 6.07 Å². The van der Waals surface area contributed by atoms with Crippen LogP contribution < -0.4 is 10.2 Å². The molecule has 2 aromatic carbocycles.